The lowest BCUT2D eigenvalue weighted by Gasteiger charge is -2.28. The summed E-state index contributed by atoms with van der Waals surface area (Å²) in [4.78, 5) is 95.8. The molecular formula is C44H71N8O13P. The van der Waals surface area contributed by atoms with Crippen LogP contribution in [0.1, 0.15) is 103 Å². The van der Waals surface area contributed by atoms with Crippen molar-refractivity contribution in [2.45, 2.75) is 154 Å². The van der Waals surface area contributed by atoms with Gasteiger partial charge in [-0.1, -0.05) is 69.9 Å². The van der Waals surface area contributed by atoms with Crippen LogP contribution in [0.2, 0.25) is 0 Å². The Kier molecular flexibility index (Phi) is 23.9. The van der Waals surface area contributed by atoms with E-state index >= 15 is 0 Å². The van der Waals surface area contributed by atoms with Crippen LogP contribution in [-0.4, -0.2) is 139 Å². The van der Waals surface area contributed by atoms with Gasteiger partial charge in [0, 0.05) is 38.3 Å². The number of amides is 6. The Balaban J connectivity index is 1.76. The first-order valence-corrected chi connectivity index (χ1v) is 24.2. The molecule has 1 aliphatic rings. The molecule has 3 rings (SSSR count). The van der Waals surface area contributed by atoms with Gasteiger partial charge in [-0.25, -0.2) is 9.55 Å². The number of nitrogens with zero attached hydrogens (tertiary/aromatic N) is 3. The predicted octanol–water partition coefficient (Wildman–Crippen LogP) is 0.748. The molecule has 370 valence electrons. The van der Waals surface area contributed by atoms with Gasteiger partial charge in [-0.15, -0.1) is 0 Å². The zero-order chi connectivity index (χ0) is 48.8. The van der Waals surface area contributed by atoms with Crippen molar-refractivity contribution in [2.24, 2.45) is 11.7 Å². The highest BCUT2D eigenvalue weighted by molar-refractivity contribution is 7.47. The number of imidazole rings is 1. The zero-order valence-corrected chi connectivity index (χ0v) is 39.4. The molecule has 0 bridgehead atoms. The molecule has 6 amide bonds. The van der Waals surface area contributed by atoms with Crippen molar-refractivity contribution in [3.05, 3.63) is 54.1 Å². The maximum atomic E-state index is 14.2. The van der Waals surface area contributed by atoms with E-state index in [1.807, 2.05) is 36.6 Å². The second kappa shape index (κ2) is 28.4. The number of aliphatic hydroxyl groups is 3. The third kappa shape index (κ3) is 19.2. The summed E-state index contributed by atoms with van der Waals surface area (Å²) in [5.74, 6) is -4.87. The zero-order valence-electron chi connectivity index (χ0n) is 38.5. The normalized spacial score (nSPS) is 17.5. The molecule has 1 aromatic heterocycles. The van der Waals surface area contributed by atoms with Gasteiger partial charge in [-0.05, 0) is 63.4 Å². The average Bonchev–Trinajstić information content (AvgIpc) is 3.95. The van der Waals surface area contributed by atoms with E-state index in [2.05, 4.69) is 38.4 Å². The molecule has 2 heterocycles. The molecule has 0 radical (unpaired) electrons. The summed E-state index contributed by atoms with van der Waals surface area (Å²) in [6.07, 6.45) is 8.32. The first kappa shape index (κ1) is 55.6. The first-order valence-electron chi connectivity index (χ1n) is 22.7. The number of likely N-dealkylation sites (tertiary alicyclic amines) is 1. The fraction of sp³-hybridized carbons (Fsp3) is 0.659. The van der Waals surface area contributed by atoms with Gasteiger partial charge in [-0.3, -0.25) is 37.8 Å². The number of phosphoric acid groups is 1. The number of carbonyl (C=O) groups is 6. The topological polar surface area (TPSA) is 314 Å². The third-order valence-corrected chi connectivity index (χ3v) is 12.3. The van der Waals surface area contributed by atoms with E-state index in [4.69, 9.17) is 19.9 Å². The minimum Gasteiger partial charge on any atom is -0.394 e. The largest absolute Gasteiger partial charge is 0.472 e. The number of nitrogens with one attached hydrogen (secondary N) is 4. The van der Waals surface area contributed by atoms with Crippen LogP contribution in [0.15, 0.2) is 42.9 Å². The molecule has 10 N–H and O–H groups in total. The van der Waals surface area contributed by atoms with Gasteiger partial charge in [0.05, 0.1) is 38.4 Å². The van der Waals surface area contributed by atoms with Gasteiger partial charge < -0.3 is 56.7 Å². The van der Waals surface area contributed by atoms with Crippen LogP contribution in [0.3, 0.4) is 0 Å². The van der Waals surface area contributed by atoms with Crippen LogP contribution in [0.25, 0.3) is 0 Å². The third-order valence-electron chi connectivity index (χ3n) is 11.2. The van der Waals surface area contributed by atoms with E-state index in [1.54, 1.807) is 12.5 Å². The van der Waals surface area contributed by atoms with Crippen LogP contribution in [0.4, 0.5) is 0 Å². The number of aryl methyl sites for hydroxylation is 2. The molecule has 8 atom stereocenters. The Bertz CT molecular complexity index is 1900. The van der Waals surface area contributed by atoms with Gasteiger partial charge in [0.15, 0.2) is 0 Å². The van der Waals surface area contributed by atoms with Crippen LogP contribution in [0.5, 0.6) is 0 Å². The summed E-state index contributed by atoms with van der Waals surface area (Å²) in [7, 11) is -4.89. The molecule has 0 spiro atoms. The van der Waals surface area contributed by atoms with Gasteiger partial charge in [-0.2, -0.15) is 0 Å². The maximum absolute atomic E-state index is 14.2. The number of carbonyl (C=O) groups excluding carboxylic acids is 6. The Hall–Kier alpha value is -4.76. The second-order valence-corrected chi connectivity index (χ2v) is 18.5. The fourth-order valence-corrected chi connectivity index (χ4v) is 8.54. The van der Waals surface area contributed by atoms with Crippen LogP contribution < -0.4 is 27.0 Å². The highest BCUT2D eigenvalue weighted by atomic mass is 31.2. The predicted molar refractivity (Wildman–Crippen MR) is 242 cm³/mol. The number of hydrogen-bond acceptors (Lipinski definition) is 13. The highest BCUT2D eigenvalue weighted by Crippen LogP contribution is 2.45. The molecule has 0 saturated carbocycles. The summed E-state index contributed by atoms with van der Waals surface area (Å²) in [5, 5.41) is 38.9. The summed E-state index contributed by atoms with van der Waals surface area (Å²) >= 11 is 0. The fourth-order valence-electron chi connectivity index (χ4n) is 7.60. The van der Waals surface area contributed by atoms with E-state index in [9.17, 15) is 48.4 Å². The van der Waals surface area contributed by atoms with Crippen LogP contribution in [0, 0.1) is 5.92 Å². The number of primary amides is 1. The standard InChI is InChI=1S/C44H71N8O13P/c1-29(2)23-35(48-44(61)38-18-14-21-52(38)31(4)55)41(58)47-36(24-33-25-46-28-51(33)20-13-8-6-5-7-10-15-32-16-11-9-12-17-32)42(59)49-37(27-54)43(60)50-39(40(45)57)30(3)65-66(62,63)64-22-19-34(56)26-53/h9,11-12,16-17,25,28-30,34-39,53-54,56H,5-8,10,13-15,18-24,26-27H2,1-4H3,(H2,45,57)(H,47,58)(H,48,61)(H,49,59)(H,50,60)(H,62,63). The lowest BCUT2D eigenvalue weighted by molar-refractivity contribution is -0.139. The molecule has 0 aliphatic carbocycles. The van der Waals surface area contributed by atoms with Gasteiger partial charge in [0.25, 0.3) is 0 Å². The molecule has 22 heteroatoms. The molecule has 1 aliphatic heterocycles. The summed E-state index contributed by atoms with van der Waals surface area (Å²) in [5.41, 5.74) is 7.37. The van der Waals surface area contributed by atoms with Crippen molar-refractivity contribution in [1.82, 2.24) is 35.7 Å². The number of nitrogens with two attached hydrogens (primary N) is 1. The Morgan fingerprint density at radius 3 is 2.15 bits per heavy atom. The minimum atomic E-state index is -4.89. The Morgan fingerprint density at radius 1 is 0.879 bits per heavy atom. The number of unbranched alkanes of at least 4 members (excludes halogenated alkanes) is 5. The molecule has 1 aromatic carbocycles. The Labute approximate surface area is 386 Å². The summed E-state index contributed by atoms with van der Waals surface area (Å²) in [6.45, 7) is 5.04. The number of aromatic nitrogens is 2. The van der Waals surface area contributed by atoms with E-state index in [0.29, 0.717) is 31.6 Å². The molecule has 2 aromatic rings. The lowest BCUT2D eigenvalue weighted by atomic mass is 10.0. The van der Waals surface area contributed by atoms with E-state index in [0.717, 1.165) is 51.9 Å². The minimum absolute atomic E-state index is 0.0939. The molecule has 66 heavy (non-hydrogen) atoms. The lowest BCUT2D eigenvalue weighted by Crippen LogP contribution is -2.61. The van der Waals surface area contributed by atoms with Gasteiger partial charge in [0.2, 0.25) is 35.4 Å². The molecule has 8 unspecified atom stereocenters. The number of rotatable bonds is 31. The SMILES string of the molecule is CC(=O)N1CCCC1C(=O)NC(CC(C)C)C(=O)NC(Cc1cncn1CCCCCCCCc1ccccc1)C(=O)NC(CO)C(=O)NC(C(N)=O)C(C)OP(=O)(O)OCCC(O)CO. The smallest absolute Gasteiger partial charge is 0.394 e. The van der Waals surface area contributed by atoms with Crippen molar-refractivity contribution in [2.75, 3.05) is 26.4 Å². The van der Waals surface area contributed by atoms with Crippen molar-refractivity contribution in [3.63, 3.8) is 0 Å². The van der Waals surface area contributed by atoms with Gasteiger partial charge >= 0.3 is 7.82 Å². The monoisotopic (exact) mass is 950 g/mol. The molecule has 1 saturated heterocycles. The number of phosphoric ester groups is 1. The van der Waals surface area contributed by atoms with Crippen molar-refractivity contribution in [3.8, 4) is 0 Å². The van der Waals surface area contributed by atoms with Crippen molar-refractivity contribution < 1.29 is 62.6 Å². The van der Waals surface area contributed by atoms with Crippen LogP contribution >= 0.6 is 7.82 Å². The number of benzene rings is 1. The first-order chi connectivity index (χ1) is 31.3. The quantitative estimate of drug-likeness (QED) is 0.0372. The van der Waals surface area contributed by atoms with E-state index in [-0.39, 0.29) is 31.1 Å². The highest BCUT2D eigenvalue weighted by Gasteiger charge is 2.38. The Morgan fingerprint density at radius 2 is 1.52 bits per heavy atom. The second-order valence-electron chi connectivity index (χ2n) is 17.1. The van der Waals surface area contributed by atoms with Crippen LogP contribution in [-0.2, 0) is 61.8 Å². The van der Waals surface area contributed by atoms with E-state index < -0.39 is 99.6 Å². The van der Waals surface area contributed by atoms with Gasteiger partial charge in [0.1, 0.15) is 30.2 Å². The summed E-state index contributed by atoms with van der Waals surface area (Å²) in [6, 6.07) is 3.52. The number of aliphatic hydroxyl groups excluding tert-OH is 3. The number of hydrogen-bond donors (Lipinski definition) is 9. The average molecular weight is 951 g/mol. The van der Waals surface area contributed by atoms with Crippen molar-refractivity contribution in [1.29, 1.82) is 0 Å². The summed E-state index contributed by atoms with van der Waals surface area (Å²) < 4.78 is 24.2. The molecular weight excluding hydrogens is 880 g/mol. The molecule has 1 fully saturated rings. The maximum Gasteiger partial charge on any atom is 0.472 e. The molecule has 21 nitrogen and oxygen atoms in total. The van der Waals surface area contributed by atoms with Crippen molar-refractivity contribution >= 4 is 43.3 Å². The van der Waals surface area contributed by atoms with E-state index in [1.165, 1.54) is 17.4 Å².